The Hall–Kier alpha value is -0.600. The van der Waals surface area contributed by atoms with Crippen LogP contribution in [0.15, 0.2) is 18.2 Å². The second-order valence-corrected chi connectivity index (χ2v) is 4.51. The Morgan fingerprint density at radius 3 is 2.88 bits per heavy atom. The molecule has 3 heteroatoms. The van der Waals surface area contributed by atoms with Gasteiger partial charge in [0.15, 0.2) is 0 Å². The minimum Gasteiger partial charge on any atom is -0.314 e. The first-order chi connectivity index (χ1) is 7.65. The molecular weight excluding hydrogens is 225 g/mol. The van der Waals surface area contributed by atoms with Gasteiger partial charge in [-0.15, -0.1) is 0 Å². The van der Waals surface area contributed by atoms with E-state index in [1.807, 2.05) is 0 Å². The average Bonchev–Trinajstić information content (AvgIpc) is 2.28. The molecule has 90 valence electrons. The molecule has 0 bridgehead atoms. The molecule has 0 aliphatic heterocycles. The zero-order valence-electron chi connectivity index (χ0n) is 9.89. The van der Waals surface area contributed by atoms with Gasteiger partial charge in [0.25, 0.3) is 0 Å². The number of hydrogen-bond acceptors (Lipinski definition) is 1. The summed E-state index contributed by atoms with van der Waals surface area (Å²) in [4.78, 5) is 0. The molecule has 0 amide bonds. The molecule has 0 fully saturated rings. The summed E-state index contributed by atoms with van der Waals surface area (Å²) in [6.45, 7) is 5.27. The van der Waals surface area contributed by atoms with Gasteiger partial charge in [-0.2, -0.15) is 0 Å². The molecule has 0 heterocycles. The molecule has 0 spiro atoms. The van der Waals surface area contributed by atoms with Gasteiger partial charge in [-0.3, -0.25) is 0 Å². The number of nitrogens with one attached hydrogen (secondary N) is 1. The molecule has 1 N–H and O–H groups in total. The van der Waals surface area contributed by atoms with Crippen molar-refractivity contribution in [1.29, 1.82) is 0 Å². The lowest BCUT2D eigenvalue weighted by Gasteiger charge is -2.13. The molecule has 0 aromatic heterocycles. The maximum Gasteiger partial charge on any atom is 0.144 e. The van der Waals surface area contributed by atoms with Crippen molar-refractivity contribution in [2.24, 2.45) is 0 Å². The van der Waals surface area contributed by atoms with Crippen LogP contribution in [0.1, 0.15) is 32.3 Å². The van der Waals surface area contributed by atoms with Crippen molar-refractivity contribution < 1.29 is 4.39 Å². The van der Waals surface area contributed by atoms with E-state index in [0.29, 0.717) is 11.6 Å². The molecular formula is C13H19ClFN. The van der Waals surface area contributed by atoms with E-state index in [9.17, 15) is 4.39 Å². The molecule has 0 aliphatic carbocycles. The highest BCUT2D eigenvalue weighted by molar-refractivity contribution is 6.30. The van der Waals surface area contributed by atoms with Crippen LogP contribution in [0.2, 0.25) is 5.02 Å². The van der Waals surface area contributed by atoms with Crippen molar-refractivity contribution in [2.45, 2.75) is 39.2 Å². The summed E-state index contributed by atoms with van der Waals surface area (Å²) in [5, 5.41) is 3.60. The number of aryl methyl sites for hydroxylation is 1. The number of halogens is 2. The third kappa shape index (κ3) is 4.11. The molecule has 16 heavy (non-hydrogen) atoms. The van der Waals surface area contributed by atoms with Crippen LogP contribution in [0.25, 0.3) is 0 Å². The van der Waals surface area contributed by atoms with Crippen LogP contribution >= 0.6 is 11.6 Å². The van der Waals surface area contributed by atoms with E-state index in [4.69, 9.17) is 11.6 Å². The fourth-order valence-electron chi connectivity index (χ4n) is 1.61. The van der Waals surface area contributed by atoms with Crippen LogP contribution < -0.4 is 5.32 Å². The fraction of sp³-hybridized carbons (Fsp3) is 0.538. The summed E-state index contributed by atoms with van der Waals surface area (Å²) in [7, 11) is 0. The first-order valence-corrected chi connectivity index (χ1v) is 6.19. The monoisotopic (exact) mass is 243 g/mol. The summed E-state index contributed by atoms with van der Waals surface area (Å²) >= 11 is 5.72. The predicted octanol–water partition coefficient (Wildman–Crippen LogP) is 3.80. The van der Waals surface area contributed by atoms with Gasteiger partial charge in [0.1, 0.15) is 5.82 Å². The summed E-state index contributed by atoms with van der Waals surface area (Å²) in [6.07, 6.45) is 2.78. The van der Waals surface area contributed by atoms with Crippen LogP contribution in [0, 0.1) is 5.82 Å². The van der Waals surface area contributed by atoms with E-state index in [1.165, 1.54) is 0 Å². The predicted molar refractivity (Wildman–Crippen MR) is 67.5 cm³/mol. The third-order valence-corrected chi connectivity index (χ3v) is 2.91. The minimum absolute atomic E-state index is 0.215. The third-order valence-electron chi connectivity index (χ3n) is 2.62. The Labute approximate surface area is 102 Å². The minimum atomic E-state index is -0.271. The van der Waals surface area contributed by atoms with Crippen molar-refractivity contribution in [3.8, 4) is 0 Å². The van der Waals surface area contributed by atoms with Crippen molar-refractivity contribution in [2.75, 3.05) is 6.54 Å². The topological polar surface area (TPSA) is 12.0 Å². The highest BCUT2D eigenvalue weighted by Gasteiger charge is 2.07. The molecule has 0 radical (unpaired) electrons. The van der Waals surface area contributed by atoms with Gasteiger partial charge in [0.2, 0.25) is 0 Å². The molecule has 1 aromatic carbocycles. The number of rotatable bonds is 6. The van der Waals surface area contributed by atoms with Crippen molar-refractivity contribution in [3.05, 3.63) is 34.6 Å². The van der Waals surface area contributed by atoms with Gasteiger partial charge in [-0.25, -0.2) is 4.39 Å². The fourth-order valence-corrected chi connectivity index (χ4v) is 1.80. The largest absolute Gasteiger partial charge is 0.314 e. The normalized spacial score (nSPS) is 12.8. The molecule has 1 atom stereocenters. The Morgan fingerprint density at radius 1 is 1.44 bits per heavy atom. The Morgan fingerprint density at radius 2 is 2.19 bits per heavy atom. The molecule has 1 nitrogen and oxygen atoms in total. The standard InChI is InChI=1S/C13H19ClFN/c1-3-9-16-10(2)7-8-11-5-4-6-12(14)13(11)15/h4-6,10,16H,3,7-9H2,1-2H3. The van der Waals surface area contributed by atoms with Crippen LogP contribution in [-0.4, -0.2) is 12.6 Å². The molecule has 0 saturated carbocycles. The number of hydrogen-bond donors (Lipinski definition) is 1. The lowest BCUT2D eigenvalue weighted by molar-refractivity contribution is 0.506. The van der Waals surface area contributed by atoms with Crippen LogP contribution in [-0.2, 0) is 6.42 Å². The van der Waals surface area contributed by atoms with Crippen molar-refractivity contribution >= 4 is 11.6 Å². The van der Waals surface area contributed by atoms with Gasteiger partial charge in [-0.1, -0.05) is 30.7 Å². The Kier molecular flexibility index (Phi) is 5.78. The molecule has 0 saturated heterocycles. The van der Waals surface area contributed by atoms with E-state index < -0.39 is 0 Å². The summed E-state index contributed by atoms with van der Waals surface area (Å²) in [5.74, 6) is -0.271. The van der Waals surface area contributed by atoms with Crippen LogP contribution in [0.4, 0.5) is 4.39 Å². The second-order valence-electron chi connectivity index (χ2n) is 4.11. The SMILES string of the molecule is CCCNC(C)CCc1cccc(Cl)c1F. The van der Waals surface area contributed by atoms with Gasteiger partial charge in [0, 0.05) is 6.04 Å². The van der Waals surface area contributed by atoms with Gasteiger partial charge in [-0.05, 0) is 44.4 Å². The van der Waals surface area contributed by atoms with Crippen LogP contribution in [0.3, 0.4) is 0 Å². The maximum absolute atomic E-state index is 13.6. The zero-order valence-corrected chi connectivity index (χ0v) is 10.6. The molecule has 1 rings (SSSR count). The maximum atomic E-state index is 13.6. The Bertz CT molecular complexity index is 328. The lowest BCUT2D eigenvalue weighted by atomic mass is 10.1. The first kappa shape index (κ1) is 13.5. The van der Waals surface area contributed by atoms with Gasteiger partial charge in [0.05, 0.1) is 5.02 Å². The number of benzene rings is 1. The highest BCUT2D eigenvalue weighted by atomic mass is 35.5. The van der Waals surface area contributed by atoms with E-state index >= 15 is 0 Å². The van der Waals surface area contributed by atoms with E-state index in [0.717, 1.165) is 25.8 Å². The molecule has 1 unspecified atom stereocenters. The van der Waals surface area contributed by atoms with E-state index in [-0.39, 0.29) is 10.8 Å². The summed E-state index contributed by atoms with van der Waals surface area (Å²) < 4.78 is 13.6. The quantitative estimate of drug-likeness (QED) is 0.802. The van der Waals surface area contributed by atoms with Crippen LogP contribution in [0.5, 0.6) is 0 Å². The summed E-state index contributed by atoms with van der Waals surface area (Å²) in [6, 6.07) is 5.59. The van der Waals surface area contributed by atoms with Crippen molar-refractivity contribution in [3.63, 3.8) is 0 Å². The first-order valence-electron chi connectivity index (χ1n) is 5.81. The highest BCUT2D eigenvalue weighted by Crippen LogP contribution is 2.19. The Balaban J connectivity index is 2.45. The van der Waals surface area contributed by atoms with Gasteiger partial charge >= 0.3 is 0 Å². The smallest absolute Gasteiger partial charge is 0.144 e. The lowest BCUT2D eigenvalue weighted by Crippen LogP contribution is -2.27. The van der Waals surface area contributed by atoms with E-state index in [2.05, 4.69) is 19.2 Å². The zero-order chi connectivity index (χ0) is 12.0. The second kappa shape index (κ2) is 6.87. The van der Waals surface area contributed by atoms with Crippen molar-refractivity contribution in [1.82, 2.24) is 5.32 Å². The average molecular weight is 244 g/mol. The van der Waals surface area contributed by atoms with E-state index in [1.54, 1.807) is 18.2 Å². The summed E-state index contributed by atoms with van der Waals surface area (Å²) in [5.41, 5.74) is 0.706. The molecule has 0 aliphatic rings. The van der Waals surface area contributed by atoms with Gasteiger partial charge < -0.3 is 5.32 Å². The molecule has 1 aromatic rings.